The molecule has 1 amide bonds. The third kappa shape index (κ3) is 2.98. The second-order valence-electron chi connectivity index (χ2n) is 4.83. The molecule has 0 aromatic carbocycles. The Bertz CT molecular complexity index is 532. The van der Waals surface area contributed by atoms with Gasteiger partial charge in [0.2, 0.25) is 11.1 Å². The van der Waals surface area contributed by atoms with Gasteiger partial charge in [0.05, 0.1) is 11.8 Å². The average molecular weight is 280 g/mol. The van der Waals surface area contributed by atoms with E-state index < -0.39 is 5.54 Å². The van der Waals surface area contributed by atoms with Crippen molar-refractivity contribution in [2.45, 2.75) is 37.4 Å². The van der Waals surface area contributed by atoms with Crippen molar-refractivity contribution in [3.63, 3.8) is 0 Å². The number of nitrogens with zero attached hydrogens (tertiary/aromatic N) is 4. The SMILES string of the molecule is Cc1nnc(SCC(=O)N[C@](C)(C#N)C2CC2)n1N. The van der Waals surface area contributed by atoms with Gasteiger partial charge in [0.1, 0.15) is 11.4 Å². The summed E-state index contributed by atoms with van der Waals surface area (Å²) in [7, 11) is 0. The van der Waals surface area contributed by atoms with Crippen LogP contribution >= 0.6 is 11.8 Å². The molecule has 0 radical (unpaired) electrons. The van der Waals surface area contributed by atoms with E-state index >= 15 is 0 Å². The van der Waals surface area contributed by atoms with Crippen LogP contribution in [0.3, 0.4) is 0 Å². The molecule has 8 heteroatoms. The number of nitrogens with two attached hydrogens (primary N) is 1. The predicted octanol–water partition coefficient (Wildman–Crippen LogP) is 0.201. The van der Waals surface area contributed by atoms with Crippen LogP contribution in [0.25, 0.3) is 0 Å². The lowest BCUT2D eigenvalue weighted by Gasteiger charge is -2.22. The zero-order chi connectivity index (χ0) is 14.0. The van der Waals surface area contributed by atoms with Crippen LogP contribution < -0.4 is 11.2 Å². The van der Waals surface area contributed by atoms with Crippen molar-refractivity contribution >= 4 is 17.7 Å². The summed E-state index contributed by atoms with van der Waals surface area (Å²) in [5.41, 5.74) is -0.760. The van der Waals surface area contributed by atoms with Crippen LogP contribution in [-0.2, 0) is 4.79 Å². The topological polar surface area (TPSA) is 110 Å². The summed E-state index contributed by atoms with van der Waals surface area (Å²) in [5, 5.41) is 20.1. The smallest absolute Gasteiger partial charge is 0.231 e. The number of nitrogens with one attached hydrogen (secondary N) is 1. The molecule has 1 fully saturated rings. The summed E-state index contributed by atoms with van der Waals surface area (Å²) in [5.74, 6) is 6.52. The van der Waals surface area contributed by atoms with Crippen molar-refractivity contribution in [2.24, 2.45) is 5.92 Å². The number of thioether (sulfide) groups is 1. The number of carbonyl (C=O) groups is 1. The first-order valence-electron chi connectivity index (χ1n) is 5.98. The highest BCUT2D eigenvalue weighted by Crippen LogP contribution is 2.39. The van der Waals surface area contributed by atoms with E-state index in [1.807, 2.05) is 0 Å². The van der Waals surface area contributed by atoms with Gasteiger partial charge in [-0.25, -0.2) is 4.68 Å². The first-order chi connectivity index (χ1) is 8.96. The van der Waals surface area contributed by atoms with Crippen molar-refractivity contribution in [1.82, 2.24) is 20.2 Å². The van der Waals surface area contributed by atoms with Crippen molar-refractivity contribution < 1.29 is 4.79 Å². The van der Waals surface area contributed by atoms with Crippen LogP contribution in [0.4, 0.5) is 0 Å². The molecule has 3 N–H and O–H groups in total. The number of hydrogen-bond acceptors (Lipinski definition) is 6. The number of aromatic nitrogens is 3. The van der Waals surface area contributed by atoms with Gasteiger partial charge in [0.15, 0.2) is 0 Å². The van der Waals surface area contributed by atoms with Crippen molar-refractivity contribution in [1.29, 1.82) is 5.26 Å². The highest BCUT2D eigenvalue weighted by Gasteiger charge is 2.42. The molecule has 0 saturated heterocycles. The summed E-state index contributed by atoms with van der Waals surface area (Å²) in [6.45, 7) is 3.50. The summed E-state index contributed by atoms with van der Waals surface area (Å²) in [6, 6.07) is 2.19. The van der Waals surface area contributed by atoms with Gasteiger partial charge in [0.25, 0.3) is 0 Å². The van der Waals surface area contributed by atoms with E-state index in [2.05, 4.69) is 21.6 Å². The van der Waals surface area contributed by atoms with Crippen LogP contribution in [0.15, 0.2) is 5.16 Å². The molecule has 0 bridgehead atoms. The fraction of sp³-hybridized carbons (Fsp3) is 0.636. The molecule has 19 heavy (non-hydrogen) atoms. The van der Waals surface area contributed by atoms with E-state index in [0.717, 1.165) is 12.8 Å². The van der Waals surface area contributed by atoms with E-state index in [-0.39, 0.29) is 17.6 Å². The molecule has 7 nitrogen and oxygen atoms in total. The standard InChI is InChI=1S/C11H16N6OS/c1-7-15-16-10(17(7)13)19-5-9(18)14-11(2,6-12)8-3-4-8/h8H,3-5,13H2,1-2H3,(H,14,18)/t11-/m1/s1. The Morgan fingerprint density at radius 1 is 1.68 bits per heavy atom. The summed E-state index contributed by atoms with van der Waals surface area (Å²) in [6.07, 6.45) is 1.99. The molecular weight excluding hydrogens is 264 g/mol. The minimum Gasteiger partial charge on any atom is -0.337 e. The Hall–Kier alpha value is -1.75. The van der Waals surface area contributed by atoms with Crippen LogP contribution in [0, 0.1) is 24.2 Å². The van der Waals surface area contributed by atoms with Gasteiger partial charge in [0, 0.05) is 0 Å². The fourth-order valence-electron chi connectivity index (χ4n) is 1.79. The molecule has 2 rings (SSSR count). The van der Waals surface area contributed by atoms with Gasteiger partial charge in [-0.05, 0) is 32.6 Å². The lowest BCUT2D eigenvalue weighted by molar-refractivity contribution is -0.119. The Morgan fingerprint density at radius 2 is 2.37 bits per heavy atom. The van der Waals surface area contributed by atoms with Crippen LogP contribution in [0.1, 0.15) is 25.6 Å². The minimum absolute atomic E-state index is 0.166. The van der Waals surface area contributed by atoms with E-state index in [9.17, 15) is 4.79 Å². The van der Waals surface area contributed by atoms with Crippen molar-refractivity contribution in [2.75, 3.05) is 11.6 Å². The summed E-state index contributed by atoms with van der Waals surface area (Å²) >= 11 is 1.20. The Labute approximate surface area is 115 Å². The Balaban J connectivity index is 1.88. The average Bonchev–Trinajstić information content (AvgIpc) is 3.18. The normalized spacial score (nSPS) is 17.5. The van der Waals surface area contributed by atoms with Gasteiger partial charge < -0.3 is 11.2 Å². The molecule has 1 heterocycles. The quantitative estimate of drug-likeness (QED) is 0.589. The maximum Gasteiger partial charge on any atom is 0.231 e. The first-order valence-corrected chi connectivity index (χ1v) is 6.97. The number of hydrogen-bond donors (Lipinski definition) is 2. The molecule has 0 unspecified atom stereocenters. The van der Waals surface area contributed by atoms with E-state index in [1.165, 1.54) is 16.4 Å². The third-order valence-electron chi connectivity index (χ3n) is 3.19. The lowest BCUT2D eigenvalue weighted by atomic mass is 9.98. The lowest BCUT2D eigenvalue weighted by Crippen LogP contribution is -2.47. The Kier molecular flexibility index (Phi) is 3.66. The van der Waals surface area contributed by atoms with Gasteiger partial charge in [-0.2, -0.15) is 5.26 Å². The molecule has 1 aromatic heterocycles. The number of carbonyl (C=O) groups excluding carboxylic acids is 1. The molecular formula is C11H16N6OS. The number of amides is 1. The zero-order valence-corrected chi connectivity index (χ0v) is 11.7. The van der Waals surface area contributed by atoms with E-state index in [1.54, 1.807) is 13.8 Å². The summed E-state index contributed by atoms with van der Waals surface area (Å²) < 4.78 is 1.34. The Morgan fingerprint density at radius 3 is 2.84 bits per heavy atom. The first kappa shape index (κ1) is 13.7. The van der Waals surface area contributed by atoms with Gasteiger partial charge >= 0.3 is 0 Å². The van der Waals surface area contributed by atoms with Gasteiger partial charge in [-0.15, -0.1) is 10.2 Å². The predicted molar refractivity (Wildman–Crippen MR) is 70.5 cm³/mol. The van der Waals surface area contributed by atoms with Crippen LogP contribution in [0.5, 0.6) is 0 Å². The molecule has 1 saturated carbocycles. The highest BCUT2D eigenvalue weighted by atomic mass is 32.2. The largest absolute Gasteiger partial charge is 0.337 e. The number of aryl methyl sites for hydroxylation is 1. The number of rotatable bonds is 5. The zero-order valence-electron chi connectivity index (χ0n) is 10.9. The van der Waals surface area contributed by atoms with Gasteiger partial charge in [-0.1, -0.05) is 11.8 Å². The minimum atomic E-state index is -0.760. The number of nitriles is 1. The third-order valence-corrected chi connectivity index (χ3v) is 4.14. The van der Waals surface area contributed by atoms with Crippen molar-refractivity contribution in [3.05, 3.63) is 5.82 Å². The molecule has 1 atom stereocenters. The maximum atomic E-state index is 11.9. The van der Waals surface area contributed by atoms with Crippen molar-refractivity contribution in [3.8, 4) is 6.07 Å². The molecule has 1 aliphatic carbocycles. The molecule has 1 aliphatic rings. The monoisotopic (exact) mass is 280 g/mol. The molecule has 1 aromatic rings. The summed E-state index contributed by atoms with van der Waals surface area (Å²) in [4.78, 5) is 11.9. The van der Waals surface area contributed by atoms with Gasteiger partial charge in [-0.3, -0.25) is 4.79 Å². The maximum absolute atomic E-state index is 11.9. The molecule has 0 spiro atoms. The van der Waals surface area contributed by atoms with E-state index in [0.29, 0.717) is 11.0 Å². The molecule has 102 valence electrons. The van der Waals surface area contributed by atoms with Crippen LogP contribution in [0.2, 0.25) is 0 Å². The second kappa shape index (κ2) is 5.09. The van der Waals surface area contributed by atoms with E-state index in [4.69, 9.17) is 11.1 Å². The number of nitrogen functional groups attached to an aromatic ring is 1. The highest BCUT2D eigenvalue weighted by molar-refractivity contribution is 7.99. The molecule has 0 aliphatic heterocycles. The second-order valence-corrected chi connectivity index (χ2v) is 5.77. The van der Waals surface area contributed by atoms with Crippen LogP contribution in [-0.4, -0.2) is 32.1 Å². The fourth-order valence-corrected chi connectivity index (χ4v) is 2.49.